The fourth-order valence-corrected chi connectivity index (χ4v) is 5.21. The molecule has 0 radical (unpaired) electrons. The quantitative estimate of drug-likeness (QED) is 0.222. The number of fused-ring (bicyclic) bond motifs is 1. The fourth-order valence-electron chi connectivity index (χ4n) is 4.51. The van der Waals surface area contributed by atoms with Crippen molar-refractivity contribution in [2.24, 2.45) is 0 Å². The summed E-state index contributed by atoms with van der Waals surface area (Å²) in [7, 11) is 0. The molecule has 0 aliphatic carbocycles. The lowest BCUT2D eigenvalue weighted by molar-refractivity contribution is -0.0645. The highest BCUT2D eigenvalue weighted by molar-refractivity contribution is 7.90. The first-order chi connectivity index (χ1) is 19.9. The lowest BCUT2D eigenvalue weighted by atomic mass is 10.0. The number of pyridine rings is 1. The first kappa shape index (κ1) is 29.9. The van der Waals surface area contributed by atoms with Crippen molar-refractivity contribution in [3.63, 3.8) is 0 Å². The van der Waals surface area contributed by atoms with Crippen molar-refractivity contribution in [2.45, 2.75) is 51.1 Å². The molecule has 4 heterocycles. The molecule has 1 saturated heterocycles. The molecule has 4 aromatic rings. The molecule has 13 heteroatoms. The van der Waals surface area contributed by atoms with Crippen molar-refractivity contribution in [3.8, 4) is 22.4 Å². The molecule has 1 aliphatic heterocycles. The Labute approximate surface area is 251 Å². The number of ether oxygens (including phenoxy) is 2. The maximum atomic E-state index is 13.9. The predicted octanol–water partition coefficient (Wildman–Crippen LogP) is 4.25. The van der Waals surface area contributed by atoms with E-state index in [-0.39, 0.29) is 36.1 Å². The van der Waals surface area contributed by atoms with Gasteiger partial charge in [0.1, 0.15) is 11.9 Å². The maximum Gasteiger partial charge on any atom is 0.410 e. The first-order valence-corrected chi connectivity index (χ1v) is 15.3. The maximum absolute atomic E-state index is 13.9. The zero-order chi connectivity index (χ0) is 30.2. The van der Waals surface area contributed by atoms with Gasteiger partial charge in [0, 0.05) is 50.7 Å². The van der Waals surface area contributed by atoms with Crippen LogP contribution in [0.5, 0.6) is 0 Å². The van der Waals surface area contributed by atoms with Gasteiger partial charge in [-0.1, -0.05) is 23.7 Å². The second-order valence-corrected chi connectivity index (χ2v) is 12.7. The van der Waals surface area contributed by atoms with E-state index in [4.69, 9.17) is 21.1 Å². The van der Waals surface area contributed by atoms with E-state index in [0.717, 1.165) is 11.3 Å². The smallest absolute Gasteiger partial charge is 0.410 e. The van der Waals surface area contributed by atoms with Gasteiger partial charge in [0.05, 0.1) is 49.9 Å². The predicted molar refractivity (Wildman–Crippen MR) is 160 cm³/mol. The van der Waals surface area contributed by atoms with Crippen molar-refractivity contribution in [1.29, 1.82) is 0 Å². The fraction of sp³-hybridized carbons (Fsp3) is 0.379. The summed E-state index contributed by atoms with van der Waals surface area (Å²) in [5.74, 6) is 0. The molecule has 0 bridgehead atoms. The minimum absolute atomic E-state index is 0.123. The number of nitrogens with zero attached hydrogens (tertiary/aromatic N) is 6. The summed E-state index contributed by atoms with van der Waals surface area (Å²) in [6, 6.07) is 7.06. The van der Waals surface area contributed by atoms with Crippen LogP contribution in [0, 0.1) is 6.92 Å². The summed E-state index contributed by atoms with van der Waals surface area (Å²) in [4.78, 5) is 45.0. The minimum Gasteiger partial charge on any atom is -0.609 e. The number of hydrogen-bond donors (Lipinski definition) is 0. The summed E-state index contributed by atoms with van der Waals surface area (Å²) < 4.78 is 25.0. The highest BCUT2D eigenvalue weighted by Gasteiger charge is 2.34. The van der Waals surface area contributed by atoms with Crippen LogP contribution in [0.3, 0.4) is 0 Å². The number of carbonyl (C=O) groups excluding carboxylic acids is 1. The largest absolute Gasteiger partial charge is 0.609 e. The van der Waals surface area contributed by atoms with Crippen molar-refractivity contribution < 1.29 is 18.8 Å². The molecule has 1 amide bonds. The average molecular weight is 611 g/mol. The van der Waals surface area contributed by atoms with Gasteiger partial charge in [-0.2, -0.15) is 9.97 Å². The third-order valence-electron chi connectivity index (χ3n) is 6.54. The SMILES string of the molecule is Cc1cncc(-c2ccc(-c3cc4cnc([S+](C)[O-])nc4n(CCOC4CN(C(=O)OC(C)(C)C)C4)c3=O)c(Cl)c2)n1. The van der Waals surface area contributed by atoms with Gasteiger partial charge in [0.25, 0.3) is 5.56 Å². The Balaban J connectivity index is 1.41. The number of likely N-dealkylation sites (tertiary alicyclic amines) is 1. The average Bonchev–Trinajstić information content (AvgIpc) is 2.89. The Bertz CT molecular complexity index is 1700. The van der Waals surface area contributed by atoms with Crippen LogP contribution >= 0.6 is 11.6 Å². The summed E-state index contributed by atoms with van der Waals surface area (Å²) >= 11 is 5.27. The number of halogens is 1. The summed E-state index contributed by atoms with van der Waals surface area (Å²) in [6.07, 6.45) is 5.80. The van der Waals surface area contributed by atoms with Crippen LogP contribution < -0.4 is 5.56 Å². The van der Waals surface area contributed by atoms with Crippen LogP contribution in [0.25, 0.3) is 33.4 Å². The Morgan fingerprint density at radius 1 is 1.14 bits per heavy atom. The van der Waals surface area contributed by atoms with Gasteiger partial charge in [-0.25, -0.2) is 9.78 Å². The molecule has 0 N–H and O–H groups in total. The van der Waals surface area contributed by atoms with E-state index in [1.54, 1.807) is 41.7 Å². The zero-order valence-electron chi connectivity index (χ0n) is 24.0. The Morgan fingerprint density at radius 2 is 1.90 bits per heavy atom. The van der Waals surface area contributed by atoms with E-state index < -0.39 is 16.8 Å². The van der Waals surface area contributed by atoms with Crippen molar-refractivity contribution in [1.82, 2.24) is 29.4 Å². The number of amides is 1. The van der Waals surface area contributed by atoms with Gasteiger partial charge < -0.3 is 18.9 Å². The van der Waals surface area contributed by atoms with Crippen LogP contribution in [-0.4, -0.2) is 77.7 Å². The number of rotatable bonds is 7. The molecular formula is C29H31ClN6O5S. The van der Waals surface area contributed by atoms with Gasteiger partial charge >= 0.3 is 11.2 Å². The molecule has 3 aromatic heterocycles. The van der Waals surface area contributed by atoms with Gasteiger partial charge in [0.15, 0.2) is 5.65 Å². The highest BCUT2D eigenvalue weighted by Crippen LogP contribution is 2.31. The van der Waals surface area contributed by atoms with E-state index in [1.165, 1.54) is 10.8 Å². The standard InChI is InChI=1S/C29H31ClN6O5S/c1-17-12-31-14-24(33-17)18-6-7-21(23(30)11-18)22-10-19-13-32-27(42(5)39)34-25(19)36(26(22)37)8-9-40-20-15-35(16-20)28(38)41-29(2,3)4/h6-7,10-14,20H,8-9,15-16H2,1-5H3. The van der Waals surface area contributed by atoms with E-state index in [2.05, 4.69) is 19.9 Å². The van der Waals surface area contributed by atoms with Crippen LogP contribution in [0.15, 0.2) is 52.8 Å². The molecule has 1 aromatic carbocycles. The number of aryl methyl sites for hydroxylation is 1. The summed E-state index contributed by atoms with van der Waals surface area (Å²) in [5.41, 5.74) is 2.57. The van der Waals surface area contributed by atoms with E-state index in [9.17, 15) is 14.1 Å². The van der Waals surface area contributed by atoms with Crippen LogP contribution in [0.2, 0.25) is 5.02 Å². The van der Waals surface area contributed by atoms with Gasteiger partial charge in [0.2, 0.25) is 0 Å². The van der Waals surface area contributed by atoms with Gasteiger partial charge in [-0.3, -0.25) is 14.3 Å². The second kappa shape index (κ2) is 12.0. The van der Waals surface area contributed by atoms with Gasteiger partial charge in [-0.05, 0) is 39.8 Å². The molecule has 1 unspecified atom stereocenters. The number of aromatic nitrogens is 5. The monoisotopic (exact) mass is 610 g/mol. The number of hydrogen-bond acceptors (Lipinski definition) is 9. The normalized spacial score (nSPS) is 14.6. The minimum atomic E-state index is -1.44. The molecule has 1 aliphatic rings. The lowest BCUT2D eigenvalue weighted by Gasteiger charge is -2.39. The molecule has 42 heavy (non-hydrogen) atoms. The van der Waals surface area contributed by atoms with E-state index in [0.29, 0.717) is 46.0 Å². The third kappa shape index (κ3) is 6.57. The van der Waals surface area contributed by atoms with E-state index >= 15 is 0 Å². The molecular weight excluding hydrogens is 580 g/mol. The molecule has 220 valence electrons. The number of benzene rings is 1. The van der Waals surface area contributed by atoms with Crippen LogP contribution in [0.1, 0.15) is 26.5 Å². The van der Waals surface area contributed by atoms with Crippen molar-refractivity contribution in [3.05, 3.63) is 63.9 Å². The van der Waals surface area contributed by atoms with Crippen LogP contribution in [0.4, 0.5) is 4.79 Å². The lowest BCUT2D eigenvalue weighted by Crippen LogP contribution is -2.56. The topological polar surface area (TPSA) is 135 Å². The van der Waals surface area contributed by atoms with Crippen molar-refractivity contribution in [2.75, 3.05) is 26.0 Å². The Morgan fingerprint density at radius 3 is 2.57 bits per heavy atom. The molecule has 5 rings (SSSR count). The molecule has 0 saturated carbocycles. The molecule has 1 fully saturated rings. The Hall–Kier alpha value is -3.58. The molecule has 11 nitrogen and oxygen atoms in total. The molecule has 1 atom stereocenters. The van der Waals surface area contributed by atoms with E-state index in [1.807, 2.05) is 33.8 Å². The third-order valence-corrected chi connectivity index (χ3v) is 7.56. The first-order valence-electron chi connectivity index (χ1n) is 13.3. The van der Waals surface area contributed by atoms with Crippen molar-refractivity contribution >= 4 is 39.9 Å². The van der Waals surface area contributed by atoms with Gasteiger partial charge in [-0.15, -0.1) is 0 Å². The molecule has 0 spiro atoms. The second-order valence-electron chi connectivity index (χ2n) is 11.0. The summed E-state index contributed by atoms with van der Waals surface area (Å²) in [6.45, 7) is 8.48. The Kier molecular flexibility index (Phi) is 8.51. The highest BCUT2D eigenvalue weighted by atomic mass is 35.5. The summed E-state index contributed by atoms with van der Waals surface area (Å²) in [5, 5.41) is 1.08. The zero-order valence-corrected chi connectivity index (χ0v) is 25.5. The van der Waals surface area contributed by atoms with Crippen LogP contribution in [-0.2, 0) is 27.2 Å². The number of carbonyl (C=O) groups is 1.